The molecule has 1 aromatic heterocycles. The highest BCUT2D eigenvalue weighted by atomic mass is 79.9. The largest absolute Gasteiger partial charge is 0.444 e. The third-order valence-electron chi connectivity index (χ3n) is 3.44. The molecule has 0 unspecified atom stereocenters. The lowest BCUT2D eigenvalue weighted by molar-refractivity contribution is -0.116. The topological polar surface area (TPSA) is 55.1 Å². The van der Waals surface area contributed by atoms with Crippen molar-refractivity contribution in [2.24, 2.45) is 0 Å². The van der Waals surface area contributed by atoms with Gasteiger partial charge in [-0.2, -0.15) is 0 Å². The number of nitrogens with one attached hydrogen (secondary N) is 1. The van der Waals surface area contributed by atoms with Crippen LogP contribution in [0.15, 0.2) is 70.0 Å². The normalized spacial score (nSPS) is 10.5. The summed E-state index contributed by atoms with van der Waals surface area (Å²) in [5.41, 5.74) is 2.75. The van der Waals surface area contributed by atoms with Crippen molar-refractivity contribution in [1.82, 2.24) is 4.98 Å². The molecule has 0 radical (unpaired) electrons. The van der Waals surface area contributed by atoms with Gasteiger partial charge in [-0.3, -0.25) is 4.79 Å². The van der Waals surface area contributed by atoms with E-state index in [1.807, 2.05) is 48.5 Å². The maximum Gasteiger partial charge on any atom is 0.224 e. The van der Waals surface area contributed by atoms with Crippen LogP contribution in [0.3, 0.4) is 0 Å². The monoisotopic (exact) mass is 370 g/mol. The summed E-state index contributed by atoms with van der Waals surface area (Å²) in [5, 5.41) is 2.92. The lowest BCUT2D eigenvalue weighted by atomic mass is 10.1. The van der Waals surface area contributed by atoms with E-state index < -0.39 is 0 Å². The fourth-order valence-electron chi connectivity index (χ4n) is 2.28. The van der Waals surface area contributed by atoms with Gasteiger partial charge in [0.15, 0.2) is 12.2 Å². The van der Waals surface area contributed by atoms with E-state index >= 15 is 0 Å². The van der Waals surface area contributed by atoms with Gasteiger partial charge in [-0.15, -0.1) is 0 Å². The zero-order valence-electron chi connectivity index (χ0n) is 12.3. The van der Waals surface area contributed by atoms with Crippen LogP contribution in [-0.2, 0) is 11.2 Å². The molecule has 0 saturated heterocycles. The average molecular weight is 371 g/mol. The van der Waals surface area contributed by atoms with Crippen molar-refractivity contribution in [3.8, 4) is 11.3 Å². The van der Waals surface area contributed by atoms with E-state index in [2.05, 4.69) is 26.2 Å². The van der Waals surface area contributed by atoms with Crippen LogP contribution < -0.4 is 5.32 Å². The fourth-order valence-corrected chi connectivity index (χ4v) is 2.76. The number of rotatable bonds is 5. The number of hydrogen-bond donors (Lipinski definition) is 1. The van der Waals surface area contributed by atoms with E-state index in [0.29, 0.717) is 18.6 Å². The SMILES string of the molecule is O=C(CCc1ccccc1Br)Nc1cccc(-c2cnco2)c1. The first kappa shape index (κ1) is 15.5. The van der Waals surface area contributed by atoms with Crippen molar-refractivity contribution in [3.05, 3.63) is 71.2 Å². The molecule has 0 atom stereocenters. The minimum atomic E-state index is -0.0181. The van der Waals surface area contributed by atoms with Gasteiger partial charge in [-0.25, -0.2) is 4.98 Å². The van der Waals surface area contributed by atoms with E-state index in [1.165, 1.54) is 6.39 Å². The quantitative estimate of drug-likeness (QED) is 0.709. The Kier molecular flexibility index (Phi) is 4.88. The molecule has 1 heterocycles. The van der Waals surface area contributed by atoms with Crippen LogP contribution in [0, 0.1) is 0 Å². The zero-order chi connectivity index (χ0) is 16.1. The molecule has 0 fully saturated rings. The number of carbonyl (C=O) groups excluding carboxylic acids is 1. The Balaban J connectivity index is 1.62. The van der Waals surface area contributed by atoms with E-state index in [1.54, 1.807) is 6.20 Å². The van der Waals surface area contributed by atoms with Crippen LogP contribution in [-0.4, -0.2) is 10.9 Å². The minimum absolute atomic E-state index is 0.0181. The second kappa shape index (κ2) is 7.24. The van der Waals surface area contributed by atoms with Crippen LogP contribution in [0.4, 0.5) is 5.69 Å². The van der Waals surface area contributed by atoms with E-state index in [4.69, 9.17) is 4.42 Å². The summed E-state index contributed by atoms with van der Waals surface area (Å²) >= 11 is 3.50. The Morgan fingerprint density at radius 1 is 1.17 bits per heavy atom. The van der Waals surface area contributed by atoms with Gasteiger partial charge in [0.25, 0.3) is 0 Å². The number of oxazole rings is 1. The zero-order valence-corrected chi connectivity index (χ0v) is 13.9. The Bertz CT molecular complexity index is 800. The van der Waals surface area contributed by atoms with Crippen molar-refractivity contribution >= 4 is 27.5 Å². The van der Waals surface area contributed by atoms with Crippen LogP contribution in [0.25, 0.3) is 11.3 Å². The molecule has 0 aliphatic heterocycles. The van der Waals surface area contributed by atoms with Crippen LogP contribution in [0.1, 0.15) is 12.0 Å². The number of carbonyl (C=O) groups is 1. The van der Waals surface area contributed by atoms with Crippen LogP contribution >= 0.6 is 15.9 Å². The number of halogens is 1. The van der Waals surface area contributed by atoms with Gasteiger partial charge in [0.05, 0.1) is 6.20 Å². The summed E-state index contributed by atoms with van der Waals surface area (Å²) in [4.78, 5) is 16.0. The molecule has 0 aliphatic rings. The molecule has 0 saturated carbocycles. The molecule has 0 spiro atoms. The third kappa shape index (κ3) is 4.07. The molecule has 116 valence electrons. The maximum atomic E-state index is 12.1. The Hall–Kier alpha value is -2.40. The first-order chi connectivity index (χ1) is 11.2. The molecule has 1 amide bonds. The molecule has 3 aromatic rings. The predicted octanol–water partition coefficient (Wildman–Crippen LogP) is 4.68. The summed E-state index contributed by atoms with van der Waals surface area (Å²) in [6, 6.07) is 15.4. The van der Waals surface area contributed by atoms with Crippen molar-refractivity contribution in [1.29, 1.82) is 0 Å². The summed E-state index contributed by atoms with van der Waals surface area (Å²) in [5.74, 6) is 0.657. The van der Waals surface area contributed by atoms with Crippen molar-refractivity contribution in [2.75, 3.05) is 5.32 Å². The number of amides is 1. The Labute approximate surface area is 142 Å². The van der Waals surface area contributed by atoms with Crippen LogP contribution in [0.2, 0.25) is 0 Å². The summed E-state index contributed by atoms with van der Waals surface area (Å²) < 4.78 is 6.30. The van der Waals surface area contributed by atoms with E-state index in [9.17, 15) is 4.79 Å². The molecule has 3 rings (SSSR count). The van der Waals surface area contributed by atoms with Gasteiger partial charge in [0.1, 0.15) is 0 Å². The highest BCUT2D eigenvalue weighted by molar-refractivity contribution is 9.10. The van der Waals surface area contributed by atoms with Gasteiger partial charge in [0.2, 0.25) is 5.91 Å². The summed E-state index contributed by atoms with van der Waals surface area (Å²) in [6.45, 7) is 0. The van der Waals surface area contributed by atoms with Crippen molar-refractivity contribution < 1.29 is 9.21 Å². The second-order valence-corrected chi connectivity index (χ2v) is 5.94. The first-order valence-corrected chi connectivity index (χ1v) is 8.04. The number of hydrogen-bond acceptors (Lipinski definition) is 3. The number of aryl methyl sites for hydroxylation is 1. The Morgan fingerprint density at radius 3 is 2.83 bits per heavy atom. The van der Waals surface area contributed by atoms with Crippen LogP contribution in [0.5, 0.6) is 0 Å². The van der Waals surface area contributed by atoms with Gasteiger partial charge >= 0.3 is 0 Å². The molecule has 0 aliphatic carbocycles. The van der Waals surface area contributed by atoms with Gasteiger partial charge < -0.3 is 9.73 Å². The number of nitrogens with zero attached hydrogens (tertiary/aromatic N) is 1. The maximum absolute atomic E-state index is 12.1. The molecule has 4 nitrogen and oxygen atoms in total. The smallest absolute Gasteiger partial charge is 0.224 e. The van der Waals surface area contributed by atoms with Gasteiger partial charge in [0, 0.05) is 22.1 Å². The number of benzene rings is 2. The molecule has 0 bridgehead atoms. The summed E-state index contributed by atoms with van der Waals surface area (Å²) in [6.07, 6.45) is 4.15. The molecule has 2 aromatic carbocycles. The highest BCUT2D eigenvalue weighted by Gasteiger charge is 2.07. The molecule has 5 heteroatoms. The minimum Gasteiger partial charge on any atom is -0.444 e. The molecule has 23 heavy (non-hydrogen) atoms. The van der Waals surface area contributed by atoms with E-state index in [-0.39, 0.29) is 5.91 Å². The number of aromatic nitrogens is 1. The van der Waals surface area contributed by atoms with Crippen molar-refractivity contribution in [2.45, 2.75) is 12.8 Å². The lowest BCUT2D eigenvalue weighted by Crippen LogP contribution is -2.12. The number of anilines is 1. The summed E-state index contributed by atoms with van der Waals surface area (Å²) in [7, 11) is 0. The standard InChI is InChI=1S/C18H15BrN2O2/c19-16-7-2-1-4-13(16)8-9-18(22)21-15-6-3-5-14(10-15)17-11-20-12-23-17/h1-7,10-12H,8-9H2,(H,21,22). The third-order valence-corrected chi connectivity index (χ3v) is 4.22. The van der Waals surface area contributed by atoms with Gasteiger partial charge in [-0.05, 0) is 30.2 Å². The molecule has 1 N–H and O–H groups in total. The first-order valence-electron chi connectivity index (χ1n) is 7.24. The highest BCUT2D eigenvalue weighted by Crippen LogP contribution is 2.22. The average Bonchev–Trinajstić information content (AvgIpc) is 3.09. The second-order valence-electron chi connectivity index (χ2n) is 5.09. The van der Waals surface area contributed by atoms with E-state index in [0.717, 1.165) is 21.3 Å². The van der Waals surface area contributed by atoms with Crippen molar-refractivity contribution in [3.63, 3.8) is 0 Å². The molecular weight excluding hydrogens is 356 g/mol. The van der Waals surface area contributed by atoms with Gasteiger partial charge in [-0.1, -0.05) is 46.3 Å². The Morgan fingerprint density at radius 2 is 2.04 bits per heavy atom. The predicted molar refractivity (Wildman–Crippen MR) is 93.0 cm³/mol. The lowest BCUT2D eigenvalue weighted by Gasteiger charge is -2.07. The molecular formula is C18H15BrN2O2. The fraction of sp³-hybridized carbons (Fsp3) is 0.111.